The van der Waals surface area contributed by atoms with E-state index < -0.39 is 12.3 Å². The molecule has 0 fully saturated rings. The highest BCUT2D eigenvalue weighted by Crippen LogP contribution is 2.22. The lowest BCUT2D eigenvalue weighted by Gasteiger charge is -2.15. The number of nitrogens with zero attached hydrogens (tertiary/aromatic N) is 2. The second-order valence-electron chi connectivity index (χ2n) is 6.56. The van der Waals surface area contributed by atoms with E-state index in [9.17, 15) is 9.59 Å². The Morgan fingerprint density at radius 2 is 1.73 bits per heavy atom. The lowest BCUT2D eigenvalue weighted by atomic mass is 10.1. The fraction of sp³-hybridized carbons (Fsp3) is 0.227. The number of nitrogens with one attached hydrogen (secondary N) is 1. The fourth-order valence-electron chi connectivity index (χ4n) is 2.97. The maximum absolute atomic E-state index is 12.6. The van der Waals surface area contributed by atoms with E-state index in [2.05, 4.69) is 10.4 Å². The third-order valence-corrected chi connectivity index (χ3v) is 4.27. The lowest BCUT2D eigenvalue weighted by molar-refractivity contribution is -0.132. The van der Waals surface area contributed by atoms with Crippen LogP contribution in [-0.4, -0.2) is 35.9 Å². The van der Waals surface area contributed by atoms with Crippen LogP contribution in [0.3, 0.4) is 0 Å². The van der Waals surface area contributed by atoms with Crippen LogP contribution in [0.15, 0.2) is 54.6 Å². The molecule has 0 aliphatic carbocycles. The molecule has 30 heavy (non-hydrogen) atoms. The number of aromatic nitrogens is 2. The monoisotopic (exact) mass is 409 g/mol. The van der Waals surface area contributed by atoms with Gasteiger partial charge in [0.15, 0.2) is 6.29 Å². The molecule has 0 aliphatic heterocycles. The highest BCUT2D eigenvalue weighted by Gasteiger charge is 2.13. The highest BCUT2D eigenvalue weighted by atomic mass is 16.7. The van der Waals surface area contributed by atoms with Crippen molar-refractivity contribution >= 4 is 17.6 Å². The zero-order valence-electron chi connectivity index (χ0n) is 17.2. The SMILES string of the molecule is COC(OC)c1cccc(NC(=O)c2ccc(-n3nc(C)cc3OC(C)=O)cc2)c1. The number of methoxy groups -OCH3 is 2. The number of amides is 1. The smallest absolute Gasteiger partial charge is 0.309 e. The second-order valence-corrected chi connectivity index (χ2v) is 6.56. The number of anilines is 1. The first-order chi connectivity index (χ1) is 14.4. The predicted molar refractivity (Wildman–Crippen MR) is 111 cm³/mol. The minimum atomic E-state index is -0.509. The summed E-state index contributed by atoms with van der Waals surface area (Å²) in [4.78, 5) is 23.9. The van der Waals surface area contributed by atoms with Gasteiger partial charge in [0.2, 0.25) is 5.88 Å². The Bertz CT molecular complexity index is 1040. The van der Waals surface area contributed by atoms with Crippen LogP contribution in [0.5, 0.6) is 5.88 Å². The Morgan fingerprint density at radius 3 is 2.37 bits per heavy atom. The van der Waals surface area contributed by atoms with Crippen LogP contribution < -0.4 is 10.1 Å². The van der Waals surface area contributed by atoms with Crippen LogP contribution in [0, 0.1) is 6.92 Å². The summed E-state index contributed by atoms with van der Waals surface area (Å²) in [5, 5.41) is 7.19. The molecule has 8 nitrogen and oxygen atoms in total. The number of carbonyl (C=O) groups is 2. The van der Waals surface area contributed by atoms with Crippen molar-refractivity contribution in [1.29, 1.82) is 0 Å². The molecular weight excluding hydrogens is 386 g/mol. The normalized spacial score (nSPS) is 10.8. The molecule has 2 aromatic carbocycles. The van der Waals surface area contributed by atoms with Crippen molar-refractivity contribution in [3.63, 3.8) is 0 Å². The van der Waals surface area contributed by atoms with Crippen molar-refractivity contribution in [2.75, 3.05) is 19.5 Å². The molecule has 1 N–H and O–H groups in total. The van der Waals surface area contributed by atoms with Crippen molar-refractivity contribution < 1.29 is 23.8 Å². The number of benzene rings is 2. The largest absolute Gasteiger partial charge is 0.408 e. The van der Waals surface area contributed by atoms with E-state index in [1.165, 1.54) is 11.6 Å². The first-order valence-electron chi connectivity index (χ1n) is 9.23. The minimum absolute atomic E-state index is 0.262. The van der Waals surface area contributed by atoms with E-state index in [-0.39, 0.29) is 5.91 Å². The molecule has 3 rings (SSSR count). The van der Waals surface area contributed by atoms with Gasteiger partial charge in [0.05, 0.1) is 11.4 Å². The number of rotatable bonds is 7. The first kappa shape index (κ1) is 21.2. The molecule has 1 heterocycles. The van der Waals surface area contributed by atoms with Gasteiger partial charge in [-0.15, -0.1) is 0 Å². The quantitative estimate of drug-likeness (QED) is 0.473. The molecule has 0 unspecified atom stereocenters. The molecule has 0 atom stereocenters. The van der Waals surface area contributed by atoms with Crippen LogP contribution in [0.4, 0.5) is 5.69 Å². The van der Waals surface area contributed by atoms with Crippen LogP contribution in [-0.2, 0) is 14.3 Å². The first-order valence-corrected chi connectivity index (χ1v) is 9.23. The zero-order chi connectivity index (χ0) is 21.7. The van der Waals surface area contributed by atoms with Crippen LogP contribution >= 0.6 is 0 Å². The molecule has 0 bridgehead atoms. The summed E-state index contributed by atoms with van der Waals surface area (Å²) in [6, 6.07) is 15.7. The fourth-order valence-corrected chi connectivity index (χ4v) is 2.97. The Morgan fingerprint density at radius 1 is 1.03 bits per heavy atom. The van der Waals surface area contributed by atoms with E-state index >= 15 is 0 Å². The van der Waals surface area contributed by atoms with Gasteiger partial charge in [-0.2, -0.15) is 5.10 Å². The van der Waals surface area contributed by atoms with Crippen molar-refractivity contribution in [3.05, 3.63) is 71.4 Å². The number of ether oxygens (including phenoxy) is 3. The third kappa shape index (κ3) is 4.91. The topological polar surface area (TPSA) is 91.7 Å². The molecule has 156 valence electrons. The molecule has 0 saturated heterocycles. The number of esters is 1. The summed E-state index contributed by atoms with van der Waals surface area (Å²) < 4.78 is 17.2. The van der Waals surface area contributed by atoms with E-state index in [1.54, 1.807) is 63.6 Å². The maximum Gasteiger partial charge on any atom is 0.309 e. The van der Waals surface area contributed by atoms with Gasteiger partial charge in [0.1, 0.15) is 0 Å². The molecule has 1 aromatic heterocycles. The van der Waals surface area contributed by atoms with Crippen LogP contribution in [0.25, 0.3) is 5.69 Å². The summed E-state index contributed by atoms with van der Waals surface area (Å²) in [5.41, 5.74) is 3.26. The summed E-state index contributed by atoms with van der Waals surface area (Å²) in [6.07, 6.45) is -0.509. The van der Waals surface area contributed by atoms with Gasteiger partial charge < -0.3 is 19.5 Å². The Balaban J connectivity index is 1.77. The molecule has 0 saturated carbocycles. The van der Waals surface area contributed by atoms with Gasteiger partial charge in [-0.05, 0) is 43.3 Å². The number of hydrogen-bond donors (Lipinski definition) is 1. The van der Waals surface area contributed by atoms with E-state index in [4.69, 9.17) is 14.2 Å². The standard InChI is InChI=1S/C22H23N3O5/c1-14-12-20(30-15(2)26)25(24-14)19-10-8-16(9-11-19)21(27)23-18-7-5-6-17(13-18)22(28-3)29-4/h5-13,22H,1-4H3,(H,23,27). The maximum atomic E-state index is 12.6. The van der Waals surface area contributed by atoms with Gasteiger partial charge >= 0.3 is 5.97 Å². The Kier molecular flexibility index (Phi) is 6.61. The van der Waals surface area contributed by atoms with Gasteiger partial charge in [0, 0.05) is 44.0 Å². The summed E-state index contributed by atoms with van der Waals surface area (Å²) in [7, 11) is 3.10. The van der Waals surface area contributed by atoms with Crippen LogP contribution in [0.1, 0.15) is 34.8 Å². The lowest BCUT2D eigenvalue weighted by Crippen LogP contribution is -2.13. The van der Waals surface area contributed by atoms with Gasteiger partial charge in [-0.3, -0.25) is 9.59 Å². The van der Waals surface area contributed by atoms with Gasteiger partial charge in [0.25, 0.3) is 5.91 Å². The van der Waals surface area contributed by atoms with Gasteiger partial charge in [-0.1, -0.05) is 12.1 Å². The number of hydrogen-bond acceptors (Lipinski definition) is 6. The molecule has 1 amide bonds. The second kappa shape index (κ2) is 9.34. The summed E-state index contributed by atoms with van der Waals surface area (Å²) in [5.74, 6) is -0.375. The van der Waals surface area contributed by atoms with Crippen molar-refractivity contribution in [1.82, 2.24) is 9.78 Å². The molecule has 3 aromatic rings. The Labute approximate surface area is 174 Å². The molecule has 8 heteroatoms. The zero-order valence-corrected chi connectivity index (χ0v) is 17.2. The minimum Gasteiger partial charge on any atom is -0.408 e. The van der Waals surface area contributed by atoms with E-state index in [1.807, 2.05) is 12.1 Å². The average molecular weight is 409 g/mol. The van der Waals surface area contributed by atoms with E-state index in [0.717, 1.165) is 5.56 Å². The number of carbonyl (C=O) groups excluding carboxylic acids is 2. The molecular formula is C22H23N3O5. The predicted octanol–water partition coefficient (Wildman–Crippen LogP) is 3.65. The Hall–Kier alpha value is -3.49. The van der Waals surface area contributed by atoms with Gasteiger partial charge in [-0.25, -0.2) is 4.68 Å². The molecule has 0 radical (unpaired) electrons. The number of aryl methyl sites for hydroxylation is 1. The third-order valence-electron chi connectivity index (χ3n) is 4.27. The average Bonchev–Trinajstić information content (AvgIpc) is 3.08. The highest BCUT2D eigenvalue weighted by molar-refractivity contribution is 6.04. The van der Waals surface area contributed by atoms with Crippen LogP contribution in [0.2, 0.25) is 0 Å². The summed E-state index contributed by atoms with van der Waals surface area (Å²) >= 11 is 0. The molecule has 0 aliphatic rings. The van der Waals surface area contributed by atoms with Crippen molar-refractivity contribution in [3.8, 4) is 11.6 Å². The van der Waals surface area contributed by atoms with Crippen molar-refractivity contribution in [2.45, 2.75) is 20.1 Å². The van der Waals surface area contributed by atoms with Crippen molar-refractivity contribution in [2.24, 2.45) is 0 Å². The van der Waals surface area contributed by atoms with E-state index in [0.29, 0.717) is 28.5 Å². The molecule has 0 spiro atoms. The summed E-state index contributed by atoms with van der Waals surface area (Å²) in [6.45, 7) is 3.13.